The molecule has 7 heteroatoms. The first kappa shape index (κ1) is 14.4. The third-order valence-electron chi connectivity index (χ3n) is 4.97. The van der Waals surface area contributed by atoms with E-state index in [0.717, 1.165) is 11.0 Å². The molecule has 1 fully saturated rings. The molecule has 0 amide bonds. The van der Waals surface area contributed by atoms with Gasteiger partial charge in [-0.3, -0.25) is 4.99 Å². The minimum atomic E-state index is 0.0374. The first-order chi connectivity index (χ1) is 12.2. The Morgan fingerprint density at radius 2 is 2.08 bits per heavy atom. The van der Waals surface area contributed by atoms with Crippen molar-refractivity contribution < 1.29 is 0 Å². The predicted molar refractivity (Wildman–Crippen MR) is 94.8 cm³/mol. The quantitative estimate of drug-likeness (QED) is 0.758. The Kier molecular flexibility index (Phi) is 3.03. The van der Waals surface area contributed by atoms with Crippen molar-refractivity contribution in [3.05, 3.63) is 47.0 Å². The van der Waals surface area contributed by atoms with Gasteiger partial charge in [0, 0.05) is 17.5 Å². The van der Waals surface area contributed by atoms with Gasteiger partial charge in [0.1, 0.15) is 18.0 Å². The topological polar surface area (TPSA) is 85.2 Å². The first-order valence-electron chi connectivity index (χ1n) is 8.55. The van der Waals surface area contributed by atoms with Gasteiger partial charge in [-0.15, -0.1) is 0 Å². The van der Waals surface area contributed by atoms with E-state index in [2.05, 4.69) is 51.2 Å². The Labute approximate surface area is 144 Å². The van der Waals surface area contributed by atoms with E-state index in [1.807, 2.05) is 4.57 Å². The monoisotopic (exact) mass is 333 g/mol. The molecule has 2 aromatic heterocycles. The zero-order chi connectivity index (χ0) is 17.0. The molecular weight excluding hydrogens is 314 g/mol. The van der Waals surface area contributed by atoms with Crippen molar-refractivity contribution in [2.24, 2.45) is 4.99 Å². The molecular formula is C18H19N7. The van der Waals surface area contributed by atoms with Crippen LogP contribution in [0.4, 0.5) is 5.82 Å². The number of nitrogens with two attached hydrogens (primary N) is 1. The highest BCUT2D eigenvalue weighted by molar-refractivity contribution is 5.81. The maximum atomic E-state index is 5.90. The van der Waals surface area contributed by atoms with Gasteiger partial charge in [-0.1, -0.05) is 12.1 Å². The number of hydrogen-bond acceptors (Lipinski definition) is 6. The average Bonchev–Trinajstić information content (AvgIpc) is 3.37. The summed E-state index contributed by atoms with van der Waals surface area (Å²) in [6, 6.07) is 6.87. The van der Waals surface area contributed by atoms with E-state index in [4.69, 9.17) is 10.7 Å². The van der Waals surface area contributed by atoms with Crippen LogP contribution < -0.4 is 16.3 Å². The van der Waals surface area contributed by atoms with Gasteiger partial charge >= 0.3 is 0 Å². The van der Waals surface area contributed by atoms with Crippen molar-refractivity contribution in [3.63, 3.8) is 0 Å². The molecule has 1 aliphatic carbocycles. The van der Waals surface area contributed by atoms with Gasteiger partial charge in [0.05, 0.1) is 18.2 Å². The molecule has 1 atom stereocenters. The van der Waals surface area contributed by atoms with Crippen LogP contribution in [-0.4, -0.2) is 36.6 Å². The summed E-state index contributed by atoms with van der Waals surface area (Å²) in [6.45, 7) is 2.83. The van der Waals surface area contributed by atoms with Gasteiger partial charge < -0.3 is 15.2 Å². The van der Waals surface area contributed by atoms with Crippen LogP contribution in [0.5, 0.6) is 0 Å². The second-order valence-corrected chi connectivity index (χ2v) is 6.75. The molecule has 0 radical (unpaired) electrons. The van der Waals surface area contributed by atoms with E-state index >= 15 is 0 Å². The van der Waals surface area contributed by atoms with E-state index in [9.17, 15) is 0 Å². The summed E-state index contributed by atoms with van der Waals surface area (Å²) in [5, 5.41) is 2.29. The number of nitrogen functional groups attached to an aromatic ring is 1. The minimum Gasteiger partial charge on any atom is -0.382 e. The highest BCUT2D eigenvalue weighted by atomic mass is 15.3. The summed E-state index contributed by atoms with van der Waals surface area (Å²) >= 11 is 0. The number of aromatic nitrogens is 4. The minimum absolute atomic E-state index is 0.0374. The molecule has 25 heavy (non-hydrogen) atoms. The summed E-state index contributed by atoms with van der Waals surface area (Å²) in [7, 11) is 0. The van der Waals surface area contributed by atoms with Crippen LogP contribution in [0.3, 0.4) is 0 Å². The number of anilines is 1. The van der Waals surface area contributed by atoms with Crippen LogP contribution in [-0.2, 0) is 6.54 Å². The van der Waals surface area contributed by atoms with Crippen LogP contribution in [0, 0.1) is 6.92 Å². The second kappa shape index (κ2) is 5.27. The van der Waals surface area contributed by atoms with Crippen molar-refractivity contribution in [2.45, 2.75) is 38.5 Å². The van der Waals surface area contributed by atoms with Gasteiger partial charge in [0.2, 0.25) is 0 Å². The molecule has 1 saturated carbocycles. The summed E-state index contributed by atoms with van der Waals surface area (Å²) in [4.78, 5) is 20.2. The number of imidazole rings is 1. The number of hydrogen-bond donors (Lipinski definition) is 1. The zero-order valence-corrected chi connectivity index (χ0v) is 14.0. The molecule has 2 aliphatic rings. The maximum absolute atomic E-state index is 5.90. The normalized spacial score (nSPS) is 19.4. The predicted octanol–water partition coefficient (Wildman–Crippen LogP) is 0.579. The fourth-order valence-corrected chi connectivity index (χ4v) is 3.47. The SMILES string of the molecule is Cc1cccc2c1=CN(C1CC1)C(Cn1cnc3c(N)ncnc31)N=2. The Hall–Kier alpha value is -2.96. The van der Waals surface area contributed by atoms with Gasteiger partial charge in [-0.05, 0) is 31.4 Å². The standard InChI is InChI=1S/C18H19N7/c1-11-3-2-4-14-13(11)7-25(12-5-6-12)15(23-14)8-24-10-22-16-17(19)20-9-21-18(16)24/h2-4,7,9-10,12,15H,5-6,8H2,1H3,(H2,19,20,21). The van der Waals surface area contributed by atoms with E-state index in [-0.39, 0.29) is 6.17 Å². The molecule has 3 heterocycles. The third kappa shape index (κ3) is 2.34. The highest BCUT2D eigenvalue weighted by Gasteiger charge is 2.33. The average molecular weight is 333 g/mol. The van der Waals surface area contributed by atoms with E-state index in [0.29, 0.717) is 23.9 Å². The third-order valence-corrected chi connectivity index (χ3v) is 4.97. The molecule has 0 spiro atoms. The summed E-state index contributed by atoms with van der Waals surface area (Å²) in [6.07, 6.45) is 8.03. The highest BCUT2D eigenvalue weighted by Crippen LogP contribution is 2.30. The number of aryl methyl sites for hydroxylation is 1. The Bertz CT molecular complexity index is 1080. The largest absolute Gasteiger partial charge is 0.382 e. The van der Waals surface area contributed by atoms with Crippen molar-refractivity contribution in [3.8, 4) is 0 Å². The van der Waals surface area contributed by atoms with Crippen LogP contribution in [0.25, 0.3) is 17.4 Å². The molecule has 0 bridgehead atoms. The summed E-state index contributed by atoms with van der Waals surface area (Å²) in [5.41, 5.74) is 8.57. The van der Waals surface area contributed by atoms with E-state index in [1.54, 1.807) is 6.33 Å². The molecule has 5 rings (SSSR count). The van der Waals surface area contributed by atoms with Crippen LogP contribution in [0.1, 0.15) is 18.4 Å². The second-order valence-electron chi connectivity index (χ2n) is 6.75. The number of fused-ring (bicyclic) bond motifs is 2. The first-order valence-corrected chi connectivity index (χ1v) is 8.55. The van der Waals surface area contributed by atoms with E-state index < -0.39 is 0 Å². The maximum Gasteiger partial charge on any atom is 0.165 e. The molecule has 1 aromatic carbocycles. The molecule has 126 valence electrons. The number of rotatable bonds is 3. The van der Waals surface area contributed by atoms with Gasteiger partial charge in [0.15, 0.2) is 11.5 Å². The van der Waals surface area contributed by atoms with Crippen molar-refractivity contribution >= 4 is 23.2 Å². The number of benzene rings is 1. The van der Waals surface area contributed by atoms with E-state index in [1.165, 1.54) is 30.0 Å². The fraction of sp³-hybridized carbons (Fsp3) is 0.333. The lowest BCUT2D eigenvalue weighted by Crippen LogP contribution is -2.45. The Balaban J connectivity index is 1.59. The smallest absolute Gasteiger partial charge is 0.165 e. The van der Waals surface area contributed by atoms with Crippen molar-refractivity contribution in [1.29, 1.82) is 0 Å². The molecule has 7 nitrogen and oxygen atoms in total. The molecule has 3 aromatic rings. The number of nitrogens with zero attached hydrogens (tertiary/aromatic N) is 6. The summed E-state index contributed by atoms with van der Waals surface area (Å²) in [5.74, 6) is 0.413. The lowest BCUT2D eigenvalue weighted by molar-refractivity contribution is 0.265. The zero-order valence-electron chi connectivity index (χ0n) is 14.0. The Morgan fingerprint density at radius 1 is 1.20 bits per heavy atom. The lowest BCUT2D eigenvalue weighted by Gasteiger charge is -2.30. The van der Waals surface area contributed by atoms with Crippen molar-refractivity contribution in [1.82, 2.24) is 24.4 Å². The van der Waals surface area contributed by atoms with Gasteiger partial charge in [-0.2, -0.15) is 0 Å². The molecule has 0 saturated heterocycles. The van der Waals surface area contributed by atoms with Gasteiger partial charge in [0.25, 0.3) is 0 Å². The molecule has 2 N–H and O–H groups in total. The summed E-state index contributed by atoms with van der Waals surface area (Å²) < 4.78 is 2.02. The van der Waals surface area contributed by atoms with Crippen molar-refractivity contribution in [2.75, 3.05) is 5.73 Å². The molecule has 1 unspecified atom stereocenters. The van der Waals surface area contributed by atoms with Gasteiger partial charge in [-0.25, -0.2) is 15.0 Å². The van der Waals surface area contributed by atoms with Crippen LogP contribution in [0.2, 0.25) is 0 Å². The van der Waals surface area contributed by atoms with Crippen LogP contribution >= 0.6 is 0 Å². The van der Waals surface area contributed by atoms with Crippen LogP contribution in [0.15, 0.2) is 35.8 Å². The lowest BCUT2D eigenvalue weighted by atomic mass is 10.1. The fourth-order valence-electron chi connectivity index (χ4n) is 3.47. The molecule has 1 aliphatic heterocycles. The Morgan fingerprint density at radius 3 is 2.92 bits per heavy atom.